The SMILES string of the molecule is C=C(C)C(=O)O.O=[PH]1OCCCCO1.OCCO. The van der Waals surface area contributed by atoms with E-state index in [4.69, 9.17) is 24.4 Å². The zero-order chi connectivity index (χ0) is 14.4. The molecule has 0 aliphatic carbocycles. The van der Waals surface area contributed by atoms with E-state index in [1.54, 1.807) is 0 Å². The lowest BCUT2D eigenvalue weighted by Crippen LogP contribution is -1.92. The topological polar surface area (TPSA) is 113 Å². The molecule has 0 aromatic carbocycles. The Labute approximate surface area is 107 Å². The van der Waals surface area contributed by atoms with Gasteiger partial charge in [0, 0.05) is 5.57 Å². The smallest absolute Gasteiger partial charge is 0.330 e. The summed E-state index contributed by atoms with van der Waals surface area (Å²) in [5.41, 5.74) is 0.176. The van der Waals surface area contributed by atoms with Crippen LogP contribution in [0.25, 0.3) is 0 Å². The molecule has 18 heavy (non-hydrogen) atoms. The van der Waals surface area contributed by atoms with Crippen LogP contribution in [0.5, 0.6) is 0 Å². The molecule has 0 spiro atoms. The second kappa shape index (κ2) is 14.3. The number of aliphatic hydroxyl groups excluding tert-OH is 2. The van der Waals surface area contributed by atoms with Crippen molar-refractivity contribution >= 4 is 14.2 Å². The Hall–Kier alpha value is -0.720. The minimum Gasteiger partial charge on any atom is -0.478 e. The third kappa shape index (κ3) is 17.7. The number of hydrogen-bond acceptors (Lipinski definition) is 6. The Balaban J connectivity index is 0. The molecule has 1 heterocycles. The summed E-state index contributed by atoms with van der Waals surface area (Å²) < 4.78 is 19.9. The van der Waals surface area contributed by atoms with Gasteiger partial charge < -0.3 is 24.4 Å². The van der Waals surface area contributed by atoms with Gasteiger partial charge in [-0.25, -0.2) is 4.79 Å². The quantitative estimate of drug-likeness (QED) is 0.508. The largest absolute Gasteiger partial charge is 0.478 e. The van der Waals surface area contributed by atoms with Crippen molar-refractivity contribution in [1.29, 1.82) is 0 Å². The van der Waals surface area contributed by atoms with Gasteiger partial charge in [0.2, 0.25) is 0 Å². The number of rotatable bonds is 2. The van der Waals surface area contributed by atoms with Gasteiger partial charge in [-0.1, -0.05) is 6.58 Å². The van der Waals surface area contributed by atoms with Gasteiger partial charge in [-0.3, -0.25) is 4.57 Å². The molecule has 1 saturated heterocycles. The van der Waals surface area contributed by atoms with E-state index in [9.17, 15) is 9.36 Å². The van der Waals surface area contributed by atoms with Crippen molar-refractivity contribution in [2.24, 2.45) is 0 Å². The van der Waals surface area contributed by atoms with Gasteiger partial charge in [0.15, 0.2) is 0 Å². The predicted octanol–water partition coefficient (Wildman–Crippen LogP) is 0.821. The van der Waals surface area contributed by atoms with Crippen LogP contribution in [0.3, 0.4) is 0 Å². The van der Waals surface area contributed by atoms with Gasteiger partial charge in [-0.15, -0.1) is 0 Å². The number of carboxylic acids is 1. The molecule has 0 atom stereocenters. The summed E-state index contributed by atoms with van der Waals surface area (Å²) in [6, 6.07) is 0. The molecule has 0 aromatic rings. The maximum Gasteiger partial charge on any atom is 0.330 e. The van der Waals surface area contributed by atoms with Crippen molar-refractivity contribution < 1.29 is 33.7 Å². The summed E-state index contributed by atoms with van der Waals surface area (Å²) in [5, 5.41) is 23.1. The second-order valence-electron chi connectivity index (χ2n) is 3.19. The Morgan fingerprint density at radius 3 is 1.78 bits per heavy atom. The van der Waals surface area contributed by atoms with E-state index >= 15 is 0 Å². The first-order valence-corrected chi connectivity index (χ1v) is 6.58. The van der Waals surface area contributed by atoms with Gasteiger partial charge >= 0.3 is 14.2 Å². The zero-order valence-corrected chi connectivity index (χ0v) is 11.4. The molecule has 0 aromatic heterocycles. The van der Waals surface area contributed by atoms with E-state index in [2.05, 4.69) is 6.58 Å². The molecular weight excluding hydrogens is 263 g/mol. The lowest BCUT2D eigenvalue weighted by Gasteiger charge is -1.94. The van der Waals surface area contributed by atoms with Gasteiger partial charge in [0.05, 0.1) is 26.4 Å². The van der Waals surface area contributed by atoms with E-state index in [-0.39, 0.29) is 18.8 Å². The van der Waals surface area contributed by atoms with Crippen molar-refractivity contribution in [3.05, 3.63) is 12.2 Å². The summed E-state index contributed by atoms with van der Waals surface area (Å²) in [6.45, 7) is 5.54. The molecule has 1 rings (SSSR count). The lowest BCUT2D eigenvalue weighted by molar-refractivity contribution is -0.132. The Morgan fingerprint density at radius 1 is 1.22 bits per heavy atom. The van der Waals surface area contributed by atoms with Gasteiger partial charge in [0.1, 0.15) is 0 Å². The number of carbonyl (C=O) groups is 1. The Morgan fingerprint density at radius 2 is 1.56 bits per heavy atom. The van der Waals surface area contributed by atoms with Crippen molar-refractivity contribution in [1.82, 2.24) is 0 Å². The van der Waals surface area contributed by atoms with Crippen LogP contribution in [0.15, 0.2) is 12.2 Å². The monoisotopic (exact) mass is 284 g/mol. The highest BCUT2D eigenvalue weighted by molar-refractivity contribution is 7.33. The van der Waals surface area contributed by atoms with Crippen LogP contribution in [0.4, 0.5) is 0 Å². The number of carboxylic acid groups (broad SMARTS) is 1. The molecular formula is C10H21O7P. The Kier molecular flexibility index (Phi) is 15.6. The van der Waals surface area contributed by atoms with Crippen molar-refractivity contribution in [2.75, 3.05) is 26.4 Å². The van der Waals surface area contributed by atoms with E-state index in [0.717, 1.165) is 12.8 Å². The fraction of sp³-hybridized carbons (Fsp3) is 0.700. The molecule has 1 aliphatic heterocycles. The summed E-state index contributed by atoms with van der Waals surface area (Å²) >= 11 is 0. The third-order valence-corrected chi connectivity index (χ3v) is 2.32. The molecule has 0 saturated carbocycles. The fourth-order valence-electron chi connectivity index (χ4n) is 0.557. The highest BCUT2D eigenvalue weighted by atomic mass is 31.1. The first kappa shape index (κ1) is 19.6. The maximum absolute atomic E-state index is 10.4. The van der Waals surface area contributed by atoms with Crippen LogP contribution in [-0.4, -0.2) is 47.7 Å². The van der Waals surface area contributed by atoms with E-state index in [1.807, 2.05) is 0 Å². The van der Waals surface area contributed by atoms with Crippen LogP contribution >= 0.6 is 8.25 Å². The summed E-state index contributed by atoms with van der Waals surface area (Å²) in [6.07, 6.45) is 1.94. The molecule has 0 radical (unpaired) electrons. The maximum atomic E-state index is 10.4. The lowest BCUT2D eigenvalue weighted by atomic mass is 10.3. The first-order chi connectivity index (χ1) is 8.45. The van der Waals surface area contributed by atoms with E-state index < -0.39 is 14.2 Å². The normalized spacial score (nSPS) is 15.3. The minimum atomic E-state index is -2.08. The van der Waals surface area contributed by atoms with Gasteiger partial charge in [-0.05, 0) is 19.8 Å². The molecule has 0 bridgehead atoms. The van der Waals surface area contributed by atoms with Crippen molar-refractivity contribution in [3.8, 4) is 0 Å². The molecule has 1 aliphatic rings. The van der Waals surface area contributed by atoms with Crippen LogP contribution < -0.4 is 0 Å². The van der Waals surface area contributed by atoms with Crippen LogP contribution in [0.1, 0.15) is 19.8 Å². The van der Waals surface area contributed by atoms with E-state index in [1.165, 1.54) is 6.92 Å². The average molecular weight is 284 g/mol. The molecule has 3 N–H and O–H groups in total. The van der Waals surface area contributed by atoms with Crippen LogP contribution in [0.2, 0.25) is 0 Å². The number of aliphatic hydroxyl groups is 2. The molecule has 7 nitrogen and oxygen atoms in total. The summed E-state index contributed by atoms with van der Waals surface area (Å²) in [7, 11) is -2.08. The Bertz CT molecular complexity index is 231. The molecule has 0 unspecified atom stereocenters. The number of hydrogen-bond donors (Lipinski definition) is 3. The van der Waals surface area contributed by atoms with Gasteiger partial charge in [0.25, 0.3) is 0 Å². The summed E-state index contributed by atoms with van der Waals surface area (Å²) in [4.78, 5) is 9.60. The minimum absolute atomic E-state index is 0.125. The highest BCUT2D eigenvalue weighted by Crippen LogP contribution is 2.26. The highest BCUT2D eigenvalue weighted by Gasteiger charge is 2.03. The average Bonchev–Trinajstić information content (AvgIpc) is 2.58. The summed E-state index contributed by atoms with van der Waals surface area (Å²) in [5.74, 6) is -0.935. The molecule has 0 amide bonds. The van der Waals surface area contributed by atoms with Crippen molar-refractivity contribution in [2.45, 2.75) is 19.8 Å². The standard InChI is InChI=1S/C4H9O3P.C4H6O2.C2H6O2/c5-8-6-3-1-2-4-7-8;1-3(2)4(5)6;3-1-2-4/h8H,1-4H2;1H2,2H3,(H,5,6);3-4H,1-2H2. The predicted molar refractivity (Wildman–Crippen MR) is 66.8 cm³/mol. The fourth-order valence-corrected chi connectivity index (χ4v) is 1.26. The second-order valence-corrected chi connectivity index (χ2v) is 4.26. The van der Waals surface area contributed by atoms with Crippen LogP contribution in [-0.2, 0) is 18.4 Å². The molecule has 8 heteroatoms. The van der Waals surface area contributed by atoms with E-state index in [0.29, 0.717) is 13.2 Å². The third-order valence-electron chi connectivity index (χ3n) is 1.44. The van der Waals surface area contributed by atoms with Crippen molar-refractivity contribution in [3.63, 3.8) is 0 Å². The first-order valence-electron chi connectivity index (χ1n) is 5.35. The molecule has 1 fully saturated rings. The molecule has 108 valence electrons. The zero-order valence-electron chi connectivity index (χ0n) is 10.4. The number of aliphatic carboxylic acids is 1. The van der Waals surface area contributed by atoms with Crippen LogP contribution in [0, 0.1) is 0 Å². The van der Waals surface area contributed by atoms with Gasteiger partial charge in [-0.2, -0.15) is 0 Å².